The number of phenols is 1. The van der Waals surface area contributed by atoms with Gasteiger partial charge in [0.25, 0.3) is 0 Å². The Bertz CT molecular complexity index is 891. The van der Waals surface area contributed by atoms with Gasteiger partial charge in [-0.25, -0.2) is 13.2 Å². The summed E-state index contributed by atoms with van der Waals surface area (Å²) in [5.74, 6) is -0.307. The van der Waals surface area contributed by atoms with Crippen molar-refractivity contribution in [3.8, 4) is 5.75 Å². The van der Waals surface area contributed by atoms with Crippen LogP contribution in [0.4, 0.5) is 0 Å². The highest BCUT2D eigenvalue weighted by Gasteiger charge is 2.27. The van der Waals surface area contributed by atoms with Gasteiger partial charge in [-0.1, -0.05) is 24.3 Å². The SMILES string of the molecule is CS(=O)(=O)c1ccc(C2=C(c3ccc(O)cc3)COC2=O)cc1. The third kappa shape index (κ3) is 2.98. The Hall–Kier alpha value is -2.60. The molecule has 2 aromatic carbocycles. The zero-order chi connectivity index (χ0) is 16.6. The minimum Gasteiger partial charge on any atom is -0.508 e. The van der Waals surface area contributed by atoms with Crippen LogP contribution in [-0.2, 0) is 19.4 Å². The fourth-order valence-electron chi connectivity index (χ4n) is 2.46. The van der Waals surface area contributed by atoms with Crippen LogP contribution in [0, 0.1) is 0 Å². The quantitative estimate of drug-likeness (QED) is 0.873. The Balaban J connectivity index is 2.09. The first kappa shape index (κ1) is 15.3. The van der Waals surface area contributed by atoms with Crippen LogP contribution < -0.4 is 0 Å². The summed E-state index contributed by atoms with van der Waals surface area (Å²) in [7, 11) is -3.29. The van der Waals surface area contributed by atoms with Crippen molar-refractivity contribution in [2.75, 3.05) is 12.9 Å². The normalized spacial score (nSPS) is 14.9. The van der Waals surface area contributed by atoms with Gasteiger partial charge < -0.3 is 9.84 Å². The molecule has 0 radical (unpaired) electrons. The highest BCUT2D eigenvalue weighted by Crippen LogP contribution is 2.33. The van der Waals surface area contributed by atoms with Gasteiger partial charge in [-0.3, -0.25) is 0 Å². The molecule has 0 aliphatic carbocycles. The zero-order valence-corrected chi connectivity index (χ0v) is 13.1. The molecule has 1 aliphatic heterocycles. The second kappa shape index (κ2) is 5.55. The molecule has 0 saturated carbocycles. The second-order valence-electron chi connectivity index (χ2n) is 5.27. The van der Waals surface area contributed by atoms with Gasteiger partial charge in [0.2, 0.25) is 0 Å². The maximum absolute atomic E-state index is 12.1. The Morgan fingerprint density at radius 1 is 0.957 bits per heavy atom. The molecule has 0 atom stereocenters. The molecule has 0 bridgehead atoms. The lowest BCUT2D eigenvalue weighted by atomic mass is 9.97. The Labute approximate surface area is 133 Å². The van der Waals surface area contributed by atoms with Crippen LogP contribution in [0.25, 0.3) is 11.1 Å². The third-order valence-corrected chi connectivity index (χ3v) is 4.77. The molecule has 0 aromatic heterocycles. The number of carbonyl (C=O) groups excluding carboxylic acids is 1. The van der Waals surface area contributed by atoms with Crippen molar-refractivity contribution in [2.45, 2.75) is 4.90 Å². The molecule has 1 heterocycles. The molecular weight excluding hydrogens is 316 g/mol. The van der Waals surface area contributed by atoms with E-state index in [0.29, 0.717) is 16.7 Å². The molecule has 118 valence electrons. The molecule has 0 spiro atoms. The summed E-state index contributed by atoms with van der Waals surface area (Å²) in [5, 5.41) is 9.37. The first-order valence-corrected chi connectivity index (χ1v) is 8.75. The van der Waals surface area contributed by atoms with Crippen molar-refractivity contribution in [2.24, 2.45) is 0 Å². The van der Waals surface area contributed by atoms with Crippen LogP contribution in [0.2, 0.25) is 0 Å². The van der Waals surface area contributed by atoms with E-state index in [2.05, 4.69) is 0 Å². The van der Waals surface area contributed by atoms with E-state index in [1.54, 1.807) is 24.3 Å². The molecule has 23 heavy (non-hydrogen) atoms. The summed E-state index contributed by atoms with van der Waals surface area (Å²) in [4.78, 5) is 12.3. The molecule has 5 nitrogen and oxygen atoms in total. The van der Waals surface area contributed by atoms with Crippen molar-refractivity contribution in [3.63, 3.8) is 0 Å². The van der Waals surface area contributed by atoms with Gasteiger partial charge >= 0.3 is 5.97 Å². The molecular formula is C17H14O5S. The number of phenolic OH excluding ortho intramolecular Hbond substituents is 1. The minimum absolute atomic E-state index is 0.138. The van der Waals surface area contributed by atoms with E-state index >= 15 is 0 Å². The van der Waals surface area contributed by atoms with E-state index in [-0.39, 0.29) is 17.3 Å². The summed E-state index contributed by atoms with van der Waals surface area (Å²) in [6.45, 7) is 0.146. The number of carbonyl (C=O) groups is 1. The molecule has 2 aromatic rings. The minimum atomic E-state index is -3.29. The Morgan fingerprint density at radius 3 is 2.09 bits per heavy atom. The molecule has 0 unspecified atom stereocenters. The average molecular weight is 330 g/mol. The maximum Gasteiger partial charge on any atom is 0.339 e. The fourth-order valence-corrected chi connectivity index (χ4v) is 3.09. The van der Waals surface area contributed by atoms with Crippen LogP contribution in [0.5, 0.6) is 5.75 Å². The second-order valence-corrected chi connectivity index (χ2v) is 7.29. The smallest absolute Gasteiger partial charge is 0.339 e. The van der Waals surface area contributed by atoms with E-state index in [0.717, 1.165) is 11.8 Å². The number of hydrogen-bond donors (Lipinski definition) is 1. The molecule has 1 N–H and O–H groups in total. The number of ether oxygens (including phenoxy) is 1. The van der Waals surface area contributed by atoms with Crippen LogP contribution in [0.1, 0.15) is 11.1 Å². The third-order valence-electron chi connectivity index (χ3n) is 3.64. The lowest BCUT2D eigenvalue weighted by Crippen LogP contribution is -2.00. The topological polar surface area (TPSA) is 80.7 Å². The van der Waals surface area contributed by atoms with E-state index in [1.807, 2.05) is 0 Å². The largest absolute Gasteiger partial charge is 0.508 e. The van der Waals surface area contributed by atoms with Crippen LogP contribution in [0.15, 0.2) is 53.4 Å². The van der Waals surface area contributed by atoms with E-state index in [9.17, 15) is 18.3 Å². The van der Waals surface area contributed by atoms with E-state index in [4.69, 9.17) is 4.74 Å². The summed E-state index contributed by atoms with van der Waals surface area (Å²) in [5.41, 5.74) is 2.50. The van der Waals surface area contributed by atoms with Gasteiger partial charge in [-0.2, -0.15) is 0 Å². The van der Waals surface area contributed by atoms with Gasteiger partial charge in [0, 0.05) is 11.8 Å². The first-order chi connectivity index (χ1) is 10.9. The number of aromatic hydroxyl groups is 1. The van der Waals surface area contributed by atoms with Crippen molar-refractivity contribution < 1.29 is 23.1 Å². The number of hydrogen-bond acceptors (Lipinski definition) is 5. The standard InChI is InChI=1S/C17H14O5S/c1-23(20,21)14-8-4-12(5-9-14)16-15(10-22-17(16)19)11-2-6-13(18)7-3-11/h2-9,18H,10H2,1H3. The number of sulfone groups is 1. The summed E-state index contributed by atoms with van der Waals surface area (Å²) in [6, 6.07) is 12.6. The van der Waals surface area contributed by atoms with Crippen molar-refractivity contribution in [3.05, 3.63) is 59.7 Å². The molecule has 6 heteroatoms. The van der Waals surface area contributed by atoms with Gasteiger partial charge in [-0.15, -0.1) is 0 Å². The summed E-state index contributed by atoms with van der Waals surface area (Å²) in [6.07, 6.45) is 1.13. The highest BCUT2D eigenvalue weighted by atomic mass is 32.2. The average Bonchev–Trinajstić information content (AvgIpc) is 2.89. The lowest BCUT2D eigenvalue weighted by molar-refractivity contribution is -0.133. The van der Waals surface area contributed by atoms with Crippen LogP contribution >= 0.6 is 0 Å². The van der Waals surface area contributed by atoms with Crippen molar-refractivity contribution in [1.29, 1.82) is 0 Å². The summed E-state index contributed by atoms with van der Waals surface area (Å²) < 4.78 is 28.2. The fraction of sp³-hybridized carbons (Fsp3) is 0.118. The Kier molecular flexibility index (Phi) is 3.69. The van der Waals surface area contributed by atoms with Crippen LogP contribution in [-0.4, -0.2) is 32.4 Å². The highest BCUT2D eigenvalue weighted by molar-refractivity contribution is 7.90. The Morgan fingerprint density at radius 2 is 1.52 bits per heavy atom. The van der Waals surface area contributed by atoms with E-state index in [1.165, 1.54) is 24.3 Å². The molecule has 3 rings (SSSR count). The van der Waals surface area contributed by atoms with Gasteiger partial charge in [0.15, 0.2) is 9.84 Å². The summed E-state index contributed by atoms with van der Waals surface area (Å²) >= 11 is 0. The van der Waals surface area contributed by atoms with E-state index < -0.39 is 15.8 Å². The predicted octanol–water partition coefficient (Wildman–Crippen LogP) is 2.26. The van der Waals surface area contributed by atoms with Gasteiger partial charge in [-0.05, 0) is 35.4 Å². The molecule has 0 saturated heterocycles. The molecule has 0 fully saturated rings. The van der Waals surface area contributed by atoms with Gasteiger partial charge in [0.05, 0.1) is 10.5 Å². The lowest BCUT2D eigenvalue weighted by Gasteiger charge is -2.06. The number of esters is 1. The number of benzene rings is 2. The monoisotopic (exact) mass is 330 g/mol. The number of rotatable bonds is 3. The van der Waals surface area contributed by atoms with Crippen molar-refractivity contribution >= 4 is 27.0 Å². The number of cyclic esters (lactones) is 1. The predicted molar refractivity (Wildman–Crippen MR) is 85.4 cm³/mol. The first-order valence-electron chi connectivity index (χ1n) is 6.86. The molecule has 0 amide bonds. The molecule has 1 aliphatic rings. The maximum atomic E-state index is 12.1. The van der Waals surface area contributed by atoms with Crippen LogP contribution in [0.3, 0.4) is 0 Å². The van der Waals surface area contributed by atoms with Crippen molar-refractivity contribution in [1.82, 2.24) is 0 Å². The van der Waals surface area contributed by atoms with Gasteiger partial charge in [0.1, 0.15) is 12.4 Å². The zero-order valence-electron chi connectivity index (χ0n) is 12.3.